The topological polar surface area (TPSA) is 89.8 Å². The van der Waals surface area contributed by atoms with Gasteiger partial charge >= 0.3 is 6.18 Å². The molecule has 0 unspecified atom stereocenters. The van der Waals surface area contributed by atoms with Crippen LogP contribution in [0.2, 0.25) is 0 Å². The second-order valence-corrected chi connectivity index (χ2v) is 7.31. The van der Waals surface area contributed by atoms with Crippen molar-refractivity contribution in [2.75, 3.05) is 5.73 Å². The predicted molar refractivity (Wildman–Crippen MR) is 94.2 cm³/mol. The number of nitrogens with two attached hydrogens (primary N) is 1. The summed E-state index contributed by atoms with van der Waals surface area (Å²) in [5.74, 6) is -0.260. The molecule has 0 aliphatic rings. The Morgan fingerprint density at radius 1 is 1.23 bits per heavy atom. The lowest BCUT2D eigenvalue weighted by Gasteiger charge is -2.18. The van der Waals surface area contributed by atoms with E-state index >= 15 is 0 Å². The van der Waals surface area contributed by atoms with Crippen molar-refractivity contribution in [1.29, 1.82) is 0 Å². The highest BCUT2D eigenvalue weighted by Gasteiger charge is 2.36. The van der Waals surface area contributed by atoms with Crippen molar-refractivity contribution in [2.24, 2.45) is 0 Å². The number of hydrogen-bond donors (Lipinski definition) is 2. The molecular weight excluding hydrogens is 415 g/mol. The molecule has 26 heavy (non-hydrogen) atoms. The Balaban J connectivity index is 2.33. The molecule has 0 bridgehead atoms. The highest BCUT2D eigenvalue weighted by Crippen LogP contribution is 2.39. The smallest absolute Gasteiger partial charge is 0.389 e. The first-order valence-corrected chi connectivity index (χ1v) is 8.32. The average Bonchev–Trinajstić information content (AvgIpc) is 2.81. The molecule has 10 heteroatoms. The molecular formula is C16H15BrF3N5O. The summed E-state index contributed by atoms with van der Waals surface area (Å²) in [4.78, 5) is 11.4. The van der Waals surface area contributed by atoms with Gasteiger partial charge in [0.15, 0.2) is 0 Å². The first kappa shape index (κ1) is 18.6. The molecule has 0 fully saturated rings. The Morgan fingerprint density at radius 3 is 2.54 bits per heavy atom. The number of nitrogen functional groups attached to an aromatic ring is 1. The van der Waals surface area contributed by atoms with E-state index < -0.39 is 17.3 Å². The summed E-state index contributed by atoms with van der Waals surface area (Å²) in [5.41, 5.74) is 3.95. The third-order valence-electron chi connectivity index (χ3n) is 3.66. The second kappa shape index (κ2) is 6.20. The second-order valence-electron chi connectivity index (χ2n) is 6.50. The molecule has 0 saturated carbocycles. The quantitative estimate of drug-likeness (QED) is 0.620. The number of anilines is 1. The standard InChI is InChI=1S/C16H15BrF3N5O/c1-15(2,26)7-25-6-9(8-3-12(17)22-5-11(8)25)13-10(16(18,19)20)4-23-14(21)24-13/h3-6,26H,7H2,1-2H3,(H2,21,23,24). The van der Waals surface area contributed by atoms with Gasteiger partial charge in [-0.2, -0.15) is 13.2 Å². The van der Waals surface area contributed by atoms with Crippen LogP contribution in [-0.4, -0.2) is 30.2 Å². The van der Waals surface area contributed by atoms with E-state index in [0.717, 1.165) is 0 Å². The van der Waals surface area contributed by atoms with Crippen molar-refractivity contribution >= 4 is 32.8 Å². The predicted octanol–water partition coefficient (Wildman–Crippen LogP) is 3.63. The van der Waals surface area contributed by atoms with Gasteiger partial charge in [-0.1, -0.05) is 0 Å². The van der Waals surface area contributed by atoms with Gasteiger partial charge in [-0.15, -0.1) is 0 Å². The summed E-state index contributed by atoms with van der Waals surface area (Å²) >= 11 is 3.23. The van der Waals surface area contributed by atoms with Crippen LogP contribution in [-0.2, 0) is 12.7 Å². The number of aliphatic hydroxyl groups is 1. The van der Waals surface area contributed by atoms with Crippen molar-refractivity contribution in [3.05, 3.63) is 34.8 Å². The Kier molecular flexibility index (Phi) is 4.43. The van der Waals surface area contributed by atoms with Crippen molar-refractivity contribution in [3.8, 4) is 11.3 Å². The van der Waals surface area contributed by atoms with E-state index in [2.05, 4.69) is 30.9 Å². The van der Waals surface area contributed by atoms with Crippen LogP contribution in [0.25, 0.3) is 22.2 Å². The minimum atomic E-state index is -4.64. The lowest BCUT2D eigenvalue weighted by Crippen LogP contribution is -2.25. The van der Waals surface area contributed by atoms with Crippen molar-refractivity contribution < 1.29 is 18.3 Å². The summed E-state index contributed by atoms with van der Waals surface area (Å²) < 4.78 is 42.4. The third kappa shape index (κ3) is 3.65. The molecule has 138 valence electrons. The lowest BCUT2D eigenvalue weighted by molar-refractivity contribution is -0.137. The van der Waals surface area contributed by atoms with Gasteiger partial charge in [-0.05, 0) is 35.8 Å². The minimum Gasteiger partial charge on any atom is -0.389 e. The van der Waals surface area contributed by atoms with Crippen molar-refractivity contribution in [3.63, 3.8) is 0 Å². The fourth-order valence-electron chi connectivity index (χ4n) is 2.71. The van der Waals surface area contributed by atoms with Crippen LogP contribution in [0.5, 0.6) is 0 Å². The molecule has 0 radical (unpaired) electrons. The van der Waals surface area contributed by atoms with Gasteiger partial charge in [0.2, 0.25) is 5.95 Å². The third-order valence-corrected chi connectivity index (χ3v) is 4.09. The average molecular weight is 430 g/mol. The first-order valence-electron chi connectivity index (χ1n) is 7.52. The highest BCUT2D eigenvalue weighted by molar-refractivity contribution is 9.10. The van der Waals surface area contributed by atoms with Crippen LogP contribution in [0, 0.1) is 0 Å². The molecule has 0 amide bonds. The van der Waals surface area contributed by atoms with E-state index in [1.165, 1.54) is 12.4 Å². The minimum absolute atomic E-state index is 0.161. The van der Waals surface area contributed by atoms with Crippen molar-refractivity contribution in [1.82, 2.24) is 19.5 Å². The summed E-state index contributed by atoms with van der Waals surface area (Å²) in [5, 5.41) is 10.6. The van der Waals surface area contributed by atoms with Gasteiger partial charge in [0.05, 0.1) is 29.6 Å². The first-order chi connectivity index (χ1) is 12.0. The zero-order chi connectivity index (χ0) is 19.3. The van der Waals surface area contributed by atoms with Crippen LogP contribution in [0.3, 0.4) is 0 Å². The zero-order valence-electron chi connectivity index (χ0n) is 13.8. The largest absolute Gasteiger partial charge is 0.419 e. The lowest BCUT2D eigenvalue weighted by atomic mass is 10.1. The van der Waals surface area contributed by atoms with E-state index in [-0.39, 0.29) is 23.8 Å². The fraction of sp³-hybridized carbons (Fsp3) is 0.312. The van der Waals surface area contributed by atoms with E-state index in [9.17, 15) is 18.3 Å². The number of pyridine rings is 1. The molecule has 0 saturated heterocycles. The molecule has 0 aromatic carbocycles. The molecule has 3 heterocycles. The molecule has 6 nitrogen and oxygen atoms in total. The molecule has 3 aromatic heterocycles. The SMILES string of the molecule is CC(C)(O)Cn1cc(-c2nc(N)ncc2C(F)(F)F)c2cc(Br)ncc21. The molecule has 0 atom stereocenters. The number of hydrogen-bond acceptors (Lipinski definition) is 5. The number of fused-ring (bicyclic) bond motifs is 1. The molecule has 0 spiro atoms. The zero-order valence-corrected chi connectivity index (χ0v) is 15.4. The summed E-state index contributed by atoms with van der Waals surface area (Å²) in [6.07, 6.45) is -0.939. The molecule has 3 N–H and O–H groups in total. The van der Waals surface area contributed by atoms with E-state index in [1.54, 1.807) is 24.5 Å². The van der Waals surface area contributed by atoms with E-state index in [0.29, 0.717) is 21.7 Å². The summed E-state index contributed by atoms with van der Waals surface area (Å²) in [6.45, 7) is 3.37. The van der Waals surface area contributed by atoms with Gasteiger partial charge in [0, 0.05) is 23.3 Å². The highest BCUT2D eigenvalue weighted by atomic mass is 79.9. The maximum atomic E-state index is 13.4. The Labute approximate surface area is 155 Å². The van der Waals surface area contributed by atoms with Crippen molar-refractivity contribution in [2.45, 2.75) is 32.2 Å². The van der Waals surface area contributed by atoms with Crippen LogP contribution in [0.1, 0.15) is 19.4 Å². The Bertz CT molecular complexity index is 978. The van der Waals surface area contributed by atoms with Crippen LogP contribution in [0.4, 0.5) is 19.1 Å². The number of nitrogens with zero attached hydrogens (tertiary/aromatic N) is 4. The maximum Gasteiger partial charge on any atom is 0.419 e. The molecule has 3 rings (SSSR count). The van der Waals surface area contributed by atoms with Gasteiger partial charge in [-0.25, -0.2) is 15.0 Å². The molecule has 0 aliphatic carbocycles. The Hall–Kier alpha value is -2.20. The van der Waals surface area contributed by atoms with Crippen LogP contribution >= 0.6 is 15.9 Å². The molecule has 3 aromatic rings. The van der Waals surface area contributed by atoms with E-state index in [4.69, 9.17) is 5.73 Å². The summed E-state index contributed by atoms with van der Waals surface area (Å²) in [6, 6.07) is 1.60. The normalized spacial score (nSPS) is 12.7. The maximum absolute atomic E-state index is 13.4. The van der Waals surface area contributed by atoms with Crippen LogP contribution < -0.4 is 5.73 Å². The number of rotatable bonds is 3. The number of aromatic nitrogens is 4. The van der Waals surface area contributed by atoms with Gasteiger partial charge < -0.3 is 15.4 Å². The Morgan fingerprint density at radius 2 is 1.92 bits per heavy atom. The summed E-state index contributed by atoms with van der Waals surface area (Å²) in [7, 11) is 0. The molecule has 0 aliphatic heterocycles. The fourth-order valence-corrected chi connectivity index (χ4v) is 3.04. The van der Waals surface area contributed by atoms with Crippen LogP contribution in [0.15, 0.2) is 29.3 Å². The van der Waals surface area contributed by atoms with Gasteiger partial charge in [0.25, 0.3) is 0 Å². The van der Waals surface area contributed by atoms with Gasteiger partial charge in [-0.3, -0.25) is 0 Å². The monoisotopic (exact) mass is 429 g/mol. The van der Waals surface area contributed by atoms with Gasteiger partial charge in [0.1, 0.15) is 10.2 Å². The number of alkyl halides is 3. The van der Waals surface area contributed by atoms with E-state index in [1.807, 2.05) is 0 Å². The number of halogens is 4.